The first-order chi connectivity index (χ1) is 13.0. The number of pyridine rings is 1. The minimum Gasteiger partial charge on any atom is -0.360 e. The normalized spacial score (nSPS) is 14.8. The quantitative estimate of drug-likeness (QED) is 0.699. The molecule has 2 heterocycles. The van der Waals surface area contributed by atoms with Crippen LogP contribution in [0.25, 0.3) is 0 Å². The largest absolute Gasteiger partial charge is 0.360 e. The third-order valence-corrected chi connectivity index (χ3v) is 5.74. The third-order valence-electron chi connectivity index (χ3n) is 4.70. The van der Waals surface area contributed by atoms with Crippen LogP contribution < -0.4 is 5.32 Å². The van der Waals surface area contributed by atoms with E-state index < -0.39 is 0 Å². The lowest BCUT2D eigenvalue weighted by atomic mass is 9.99. The number of thioether (sulfide) groups is 1. The van der Waals surface area contributed by atoms with Crippen LogP contribution in [0.1, 0.15) is 42.9 Å². The minimum absolute atomic E-state index is 0.0592. The lowest BCUT2D eigenvalue weighted by Crippen LogP contribution is -2.38. The fourth-order valence-electron chi connectivity index (χ4n) is 3.09. The van der Waals surface area contributed by atoms with Gasteiger partial charge in [-0.05, 0) is 62.1 Å². The number of carbonyl (C=O) groups is 1. The molecule has 0 atom stereocenters. The molecule has 5 heteroatoms. The Morgan fingerprint density at radius 2 is 1.93 bits per heavy atom. The Hall–Kier alpha value is -2.27. The summed E-state index contributed by atoms with van der Waals surface area (Å²) in [5, 5.41) is 3.20. The summed E-state index contributed by atoms with van der Waals surface area (Å²) >= 11 is 1.72. The van der Waals surface area contributed by atoms with E-state index in [0.29, 0.717) is 11.6 Å². The highest BCUT2D eigenvalue weighted by atomic mass is 32.2. The van der Waals surface area contributed by atoms with E-state index in [9.17, 15) is 4.79 Å². The van der Waals surface area contributed by atoms with Gasteiger partial charge in [0.15, 0.2) is 0 Å². The lowest BCUT2D eigenvalue weighted by molar-refractivity contribution is 0.0691. The van der Waals surface area contributed by atoms with Crippen molar-refractivity contribution in [1.82, 2.24) is 9.88 Å². The van der Waals surface area contributed by atoms with E-state index in [1.807, 2.05) is 42.2 Å². The Morgan fingerprint density at radius 1 is 1.22 bits per heavy atom. The molecule has 0 unspecified atom stereocenters. The number of nitrogens with zero attached hydrogens (tertiary/aromatic N) is 2. The molecule has 0 radical (unpaired) electrons. The summed E-state index contributed by atoms with van der Waals surface area (Å²) in [6.45, 7) is 9.72. The minimum atomic E-state index is 0.0592. The molecule has 1 fully saturated rings. The fraction of sp³-hybridized carbons (Fsp3) is 0.364. The molecule has 0 bridgehead atoms. The molecular formula is C22H27N3OS. The molecule has 27 heavy (non-hydrogen) atoms. The van der Waals surface area contributed by atoms with Gasteiger partial charge in [-0.15, -0.1) is 11.8 Å². The molecule has 0 spiro atoms. The van der Waals surface area contributed by atoms with Crippen molar-refractivity contribution in [3.8, 4) is 0 Å². The average Bonchev–Trinajstić information content (AvgIpc) is 2.67. The first-order valence-corrected chi connectivity index (χ1v) is 10.4. The summed E-state index contributed by atoms with van der Waals surface area (Å²) < 4.78 is 0. The number of amides is 1. The molecule has 1 aromatic carbocycles. The Bertz CT molecular complexity index is 795. The summed E-state index contributed by atoms with van der Waals surface area (Å²) in [4.78, 5) is 20.4. The zero-order valence-electron chi connectivity index (χ0n) is 16.1. The monoisotopic (exact) mass is 381 g/mol. The molecule has 3 rings (SSSR count). The smallest absolute Gasteiger partial charge is 0.272 e. The number of hydrogen-bond acceptors (Lipinski definition) is 4. The highest BCUT2D eigenvalue weighted by Crippen LogP contribution is 2.24. The number of rotatable bonds is 6. The maximum Gasteiger partial charge on any atom is 0.272 e. The van der Waals surface area contributed by atoms with Crippen LogP contribution in [0.15, 0.2) is 59.6 Å². The van der Waals surface area contributed by atoms with Gasteiger partial charge in [-0.25, -0.2) is 4.98 Å². The van der Waals surface area contributed by atoms with E-state index in [1.54, 1.807) is 11.8 Å². The fourth-order valence-corrected chi connectivity index (χ4v) is 3.89. The molecule has 4 nitrogen and oxygen atoms in total. The average molecular weight is 382 g/mol. The zero-order chi connectivity index (χ0) is 19.2. The second-order valence-corrected chi connectivity index (χ2v) is 8.26. The maximum atomic E-state index is 12.7. The van der Waals surface area contributed by atoms with Crippen LogP contribution in [0.2, 0.25) is 0 Å². The number of hydrogen-bond donors (Lipinski definition) is 1. The molecule has 1 aliphatic heterocycles. The number of aromatic nitrogens is 1. The zero-order valence-corrected chi connectivity index (χ0v) is 16.9. The van der Waals surface area contributed by atoms with Gasteiger partial charge in [0.1, 0.15) is 5.69 Å². The number of benzene rings is 1. The summed E-state index contributed by atoms with van der Waals surface area (Å²) in [5.41, 5.74) is 3.45. The topological polar surface area (TPSA) is 45.2 Å². The molecule has 2 aromatic rings. The van der Waals surface area contributed by atoms with E-state index in [4.69, 9.17) is 0 Å². The molecule has 1 N–H and O–H groups in total. The second kappa shape index (κ2) is 9.09. The summed E-state index contributed by atoms with van der Waals surface area (Å²) in [6.07, 6.45) is 2.16. The van der Waals surface area contributed by atoms with Gasteiger partial charge >= 0.3 is 0 Å². The summed E-state index contributed by atoms with van der Waals surface area (Å²) in [6, 6.07) is 14.0. The van der Waals surface area contributed by atoms with E-state index >= 15 is 0 Å². The Balaban J connectivity index is 1.59. The molecule has 0 saturated carbocycles. The van der Waals surface area contributed by atoms with Crippen molar-refractivity contribution in [2.45, 2.75) is 37.3 Å². The number of allylic oxidation sites excluding steroid dienone is 1. The molecule has 1 saturated heterocycles. The van der Waals surface area contributed by atoms with Gasteiger partial charge in [-0.1, -0.05) is 19.6 Å². The van der Waals surface area contributed by atoms with E-state index in [1.165, 1.54) is 4.90 Å². The molecule has 0 aliphatic carbocycles. The number of carbonyl (C=O) groups excluding carboxylic acids is 1. The number of piperidine rings is 1. The van der Waals surface area contributed by atoms with Crippen molar-refractivity contribution in [1.29, 1.82) is 0 Å². The van der Waals surface area contributed by atoms with Crippen molar-refractivity contribution >= 4 is 23.4 Å². The van der Waals surface area contributed by atoms with Gasteiger partial charge in [0.05, 0.1) is 5.69 Å². The molecule has 1 amide bonds. The molecule has 1 aliphatic rings. The van der Waals surface area contributed by atoms with Gasteiger partial charge in [0.2, 0.25) is 0 Å². The van der Waals surface area contributed by atoms with Gasteiger partial charge in [0.25, 0.3) is 5.91 Å². The number of likely N-dealkylation sites (tertiary alicyclic amines) is 1. The van der Waals surface area contributed by atoms with Crippen LogP contribution in [0.4, 0.5) is 5.69 Å². The Labute approximate surface area is 166 Å². The Kier molecular flexibility index (Phi) is 6.56. The second-order valence-electron chi connectivity index (χ2n) is 7.21. The van der Waals surface area contributed by atoms with Crippen LogP contribution in [-0.2, 0) is 5.75 Å². The van der Waals surface area contributed by atoms with Crippen molar-refractivity contribution < 1.29 is 4.79 Å². The predicted octanol–water partition coefficient (Wildman–Crippen LogP) is 5.19. The highest BCUT2D eigenvalue weighted by Gasteiger charge is 2.22. The molecular weight excluding hydrogens is 354 g/mol. The standard InChI is InChI=1S/C22H27N3OS/c1-16(2)23-18-7-9-20(10-8-18)27-15-19-5-4-6-21(24-19)22(26)25-13-11-17(3)12-14-25/h4-10,17,23H,1,11-15H2,2-3H3. The van der Waals surface area contributed by atoms with Crippen LogP contribution in [-0.4, -0.2) is 28.9 Å². The van der Waals surface area contributed by atoms with Gasteiger partial charge in [-0.2, -0.15) is 0 Å². The Morgan fingerprint density at radius 3 is 2.59 bits per heavy atom. The van der Waals surface area contributed by atoms with Crippen LogP contribution in [0, 0.1) is 5.92 Å². The first kappa shape index (κ1) is 19.5. The van der Waals surface area contributed by atoms with Crippen molar-refractivity contribution in [3.05, 3.63) is 66.1 Å². The van der Waals surface area contributed by atoms with E-state index in [-0.39, 0.29) is 5.91 Å². The van der Waals surface area contributed by atoms with E-state index in [0.717, 1.165) is 48.8 Å². The van der Waals surface area contributed by atoms with Crippen molar-refractivity contribution in [2.24, 2.45) is 5.92 Å². The van der Waals surface area contributed by atoms with Gasteiger partial charge in [-0.3, -0.25) is 4.79 Å². The lowest BCUT2D eigenvalue weighted by Gasteiger charge is -2.30. The predicted molar refractivity (Wildman–Crippen MR) is 113 cm³/mol. The SMILES string of the molecule is C=C(C)Nc1ccc(SCc2cccc(C(=O)N3CCC(C)CC3)n2)cc1. The molecule has 1 aromatic heterocycles. The van der Waals surface area contributed by atoms with Crippen molar-refractivity contribution in [3.63, 3.8) is 0 Å². The van der Waals surface area contributed by atoms with Gasteiger partial charge in [0, 0.05) is 35.1 Å². The number of anilines is 1. The first-order valence-electron chi connectivity index (χ1n) is 9.42. The molecule has 142 valence electrons. The van der Waals surface area contributed by atoms with Crippen LogP contribution in [0.3, 0.4) is 0 Å². The van der Waals surface area contributed by atoms with Crippen molar-refractivity contribution in [2.75, 3.05) is 18.4 Å². The maximum absolute atomic E-state index is 12.7. The number of nitrogens with one attached hydrogen (secondary N) is 1. The van der Waals surface area contributed by atoms with E-state index in [2.05, 4.69) is 35.9 Å². The summed E-state index contributed by atoms with van der Waals surface area (Å²) in [5.74, 6) is 1.51. The third kappa shape index (κ3) is 5.60. The van der Waals surface area contributed by atoms with Gasteiger partial charge < -0.3 is 10.2 Å². The summed E-state index contributed by atoms with van der Waals surface area (Å²) in [7, 11) is 0. The highest BCUT2D eigenvalue weighted by molar-refractivity contribution is 7.98. The van der Waals surface area contributed by atoms with Crippen LogP contribution >= 0.6 is 11.8 Å². The van der Waals surface area contributed by atoms with Crippen LogP contribution in [0.5, 0.6) is 0 Å².